The van der Waals surface area contributed by atoms with Gasteiger partial charge in [0, 0.05) is 18.8 Å². The molecule has 0 atom stereocenters. The van der Waals surface area contributed by atoms with E-state index < -0.39 is 0 Å². The molecule has 0 radical (unpaired) electrons. The molecule has 1 aromatic carbocycles. The summed E-state index contributed by atoms with van der Waals surface area (Å²) in [7, 11) is 0. The normalized spacial score (nSPS) is 10.6. The van der Waals surface area contributed by atoms with E-state index in [1.165, 1.54) is 0 Å². The van der Waals surface area contributed by atoms with Crippen molar-refractivity contribution in [1.82, 2.24) is 4.90 Å². The number of hydrogen-bond acceptors (Lipinski definition) is 2. The van der Waals surface area contributed by atoms with Crippen LogP contribution < -0.4 is 5.32 Å². The Morgan fingerprint density at radius 1 is 1.18 bits per heavy atom. The zero-order valence-corrected chi connectivity index (χ0v) is 14.1. The van der Waals surface area contributed by atoms with Gasteiger partial charge < -0.3 is 10.2 Å². The van der Waals surface area contributed by atoms with Gasteiger partial charge in [0.1, 0.15) is 0 Å². The third-order valence-electron chi connectivity index (χ3n) is 3.48. The summed E-state index contributed by atoms with van der Waals surface area (Å²) in [6.07, 6.45) is 1.98. The zero-order valence-electron chi connectivity index (χ0n) is 14.1. The number of nitriles is 1. The molecule has 0 heterocycles. The molecule has 120 valence electrons. The number of nitrogens with one attached hydrogen (secondary N) is 1. The van der Waals surface area contributed by atoms with Gasteiger partial charge in [0.25, 0.3) is 0 Å². The van der Waals surface area contributed by atoms with Gasteiger partial charge in [0.15, 0.2) is 0 Å². The molecule has 0 saturated heterocycles. The number of hydrogen-bond donors (Lipinski definition) is 1. The number of anilines is 1. The van der Waals surface area contributed by atoms with E-state index >= 15 is 0 Å². The Kier molecular flexibility index (Phi) is 7.45. The maximum absolute atomic E-state index is 12.5. The Morgan fingerprint density at radius 2 is 1.77 bits per heavy atom. The number of urea groups is 1. The summed E-state index contributed by atoms with van der Waals surface area (Å²) in [5.74, 6) is 1.13. The second-order valence-electron chi connectivity index (χ2n) is 6.47. The van der Waals surface area contributed by atoms with E-state index in [0.29, 0.717) is 23.1 Å². The first kappa shape index (κ1) is 18.0. The summed E-state index contributed by atoms with van der Waals surface area (Å²) in [5.41, 5.74) is 1.22. The summed E-state index contributed by atoms with van der Waals surface area (Å²) < 4.78 is 0. The number of benzene rings is 1. The summed E-state index contributed by atoms with van der Waals surface area (Å²) in [5, 5.41) is 11.8. The standard InChI is InChI=1S/C18H27N3O/c1-14(2)8-10-21(11-9-15(3)4)18(22)20-17-7-5-6-16(12-17)13-19/h5-7,12,14-15H,8-11H2,1-4H3,(H,20,22). The molecule has 4 heteroatoms. The minimum atomic E-state index is -0.0867. The Labute approximate surface area is 134 Å². The second kappa shape index (κ2) is 9.09. The molecule has 0 aromatic heterocycles. The van der Waals surface area contributed by atoms with Crippen LogP contribution in [0.25, 0.3) is 0 Å². The smallest absolute Gasteiger partial charge is 0.321 e. The zero-order chi connectivity index (χ0) is 16.5. The van der Waals surface area contributed by atoms with Crippen molar-refractivity contribution >= 4 is 11.7 Å². The van der Waals surface area contributed by atoms with Crippen LogP contribution >= 0.6 is 0 Å². The van der Waals surface area contributed by atoms with E-state index in [-0.39, 0.29) is 6.03 Å². The average molecular weight is 301 g/mol. The van der Waals surface area contributed by atoms with Gasteiger partial charge in [-0.25, -0.2) is 4.79 Å². The molecule has 0 aliphatic heterocycles. The first-order valence-electron chi connectivity index (χ1n) is 7.98. The van der Waals surface area contributed by atoms with Crippen molar-refractivity contribution in [3.05, 3.63) is 29.8 Å². The molecular weight excluding hydrogens is 274 g/mol. The van der Waals surface area contributed by atoms with Crippen molar-refractivity contribution < 1.29 is 4.79 Å². The van der Waals surface area contributed by atoms with Crippen LogP contribution in [0.3, 0.4) is 0 Å². The van der Waals surface area contributed by atoms with Gasteiger partial charge in [-0.1, -0.05) is 33.8 Å². The Morgan fingerprint density at radius 3 is 2.27 bits per heavy atom. The number of nitrogens with zero attached hydrogens (tertiary/aromatic N) is 2. The fourth-order valence-electron chi connectivity index (χ4n) is 2.01. The van der Waals surface area contributed by atoms with Crippen LogP contribution in [0.1, 0.15) is 46.1 Å². The lowest BCUT2D eigenvalue weighted by Gasteiger charge is -2.25. The molecule has 0 aliphatic rings. The number of carbonyl (C=O) groups excluding carboxylic acids is 1. The summed E-state index contributed by atoms with van der Waals surface area (Å²) in [6, 6.07) is 9.01. The minimum absolute atomic E-state index is 0.0867. The van der Waals surface area contributed by atoms with Crippen molar-refractivity contribution in [3.8, 4) is 6.07 Å². The van der Waals surface area contributed by atoms with E-state index in [0.717, 1.165) is 25.9 Å². The lowest BCUT2D eigenvalue weighted by molar-refractivity contribution is 0.205. The van der Waals surface area contributed by atoms with Gasteiger partial charge in [0.05, 0.1) is 11.6 Å². The molecule has 0 unspecified atom stereocenters. The van der Waals surface area contributed by atoms with E-state index in [9.17, 15) is 4.79 Å². The first-order chi connectivity index (χ1) is 10.4. The van der Waals surface area contributed by atoms with Crippen molar-refractivity contribution in [2.75, 3.05) is 18.4 Å². The van der Waals surface area contributed by atoms with E-state index in [1.54, 1.807) is 18.2 Å². The highest BCUT2D eigenvalue weighted by molar-refractivity contribution is 5.89. The van der Waals surface area contributed by atoms with E-state index in [4.69, 9.17) is 5.26 Å². The van der Waals surface area contributed by atoms with Gasteiger partial charge in [-0.3, -0.25) is 0 Å². The van der Waals surface area contributed by atoms with Gasteiger partial charge in [0.2, 0.25) is 0 Å². The van der Waals surface area contributed by atoms with Gasteiger partial charge >= 0.3 is 6.03 Å². The molecule has 1 aromatic rings. The first-order valence-corrected chi connectivity index (χ1v) is 7.98. The van der Waals surface area contributed by atoms with Crippen LogP contribution in [0, 0.1) is 23.2 Å². The predicted molar refractivity (Wildman–Crippen MR) is 90.7 cm³/mol. The molecule has 0 bridgehead atoms. The largest absolute Gasteiger partial charge is 0.325 e. The van der Waals surface area contributed by atoms with Crippen molar-refractivity contribution in [2.45, 2.75) is 40.5 Å². The quantitative estimate of drug-likeness (QED) is 0.807. The molecule has 2 amide bonds. The van der Waals surface area contributed by atoms with E-state index in [1.807, 2.05) is 11.0 Å². The SMILES string of the molecule is CC(C)CCN(CCC(C)C)C(=O)Nc1cccc(C#N)c1. The summed E-state index contributed by atoms with van der Waals surface area (Å²) in [6.45, 7) is 10.2. The molecular formula is C18H27N3O. The highest BCUT2D eigenvalue weighted by Crippen LogP contribution is 2.13. The molecule has 4 nitrogen and oxygen atoms in total. The van der Waals surface area contributed by atoms with Crippen LogP contribution in [0.4, 0.5) is 10.5 Å². The lowest BCUT2D eigenvalue weighted by atomic mass is 10.1. The fraction of sp³-hybridized carbons (Fsp3) is 0.556. The van der Waals surface area contributed by atoms with Crippen molar-refractivity contribution in [1.29, 1.82) is 5.26 Å². The highest BCUT2D eigenvalue weighted by Gasteiger charge is 2.14. The molecule has 1 N–H and O–H groups in total. The summed E-state index contributed by atoms with van der Waals surface area (Å²) in [4.78, 5) is 14.3. The van der Waals surface area contributed by atoms with Gasteiger partial charge in [-0.2, -0.15) is 5.26 Å². The van der Waals surface area contributed by atoms with Crippen molar-refractivity contribution in [3.63, 3.8) is 0 Å². The van der Waals surface area contributed by atoms with Crippen LogP contribution in [0.5, 0.6) is 0 Å². The third kappa shape index (κ3) is 6.62. The molecule has 0 spiro atoms. The second-order valence-corrected chi connectivity index (χ2v) is 6.47. The van der Waals surface area contributed by atoms with Gasteiger partial charge in [-0.15, -0.1) is 0 Å². The maximum atomic E-state index is 12.5. The lowest BCUT2D eigenvalue weighted by Crippen LogP contribution is -2.37. The van der Waals surface area contributed by atoms with E-state index in [2.05, 4.69) is 39.1 Å². The van der Waals surface area contributed by atoms with Crippen molar-refractivity contribution in [2.24, 2.45) is 11.8 Å². The fourth-order valence-corrected chi connectivity index (χ4v) is 2.01. The third-order valence-corrected chi connectivity index (χ3v) is 3.48. The minimum Gasteiger partial charge on any atom is -0.325 e. The molecule has 1 rings (SSSR count). The Balaban J connectivity index is 2.70. The average Bonchev–Trinajstić information content (AvgIpc) is 2.46. The molecule has 22 heavy (non-hydrogen) atoms. The molecule has 0 saturated carbocycles. The number of carbonyl (C=O) groups is 1. The van der Waals surface area contributed by atoms with Crippen LogP contribution in [0.15, 0.2) is 24.3 Å². The number of amides is 2. The highest BCUT2D eigenvalue weighted by atomic mass is 16.2. The van der Waals surface area contributed by atoms with Crippen LogP contribution in [0.2, 0.25) is 0 Å². The Hall–Kier alpha value is -2.02. The maximum Gasteiger partial charge on any atom is 0.321 e. The molecule has 0 fully saturated rings. The topological polar surface area (TPSA) is 56.1 Å². The van der Waals surface area contributed by atoms with Gasteiger partial charge in [-0.05, 0) is 42.9 Å². The Bertz CT molecular complexity index is 505. The van der Waals surface area contributed by atoms with Crippen LogP contribution in [-0.4, -0.2) is 24.0 Å². The van der Waals surface area contributed by atoms with Crippen LogP contribution in [-0.2, 0) is 0 Å². The molecule has 0 aliphatic carbocycles. The monoisotopic (exact) mass is 301 g/mol. The predicted octanol–water partition coefficient (Wildman–Crippen LogP) is 4.48. The summed E-state index contributed by atoms with van der Waals surface area (Å²) >= 11 is 0. The number of rotatable bonds is 7.